The molecule has 0 heterocycles. The molecule has 2 N–H and O–H groups in total. The highest BCUT2D eigenvalue weighted by molar-refractivity contribution is 4.55. The zero-order valence-corrected chi connectivity index (χ0v) is 20.1. The molecular weight excluding hydrogens is 400 g/mol. The summed E-state index contributed by atoms with van der Waals surface area (Å²) < 4.78 is 26.7. The summed E-state index contributed by atoms with van der Waals surface area (Å²) in [6.07, 6.45) is 13.5. The fourth-order valence-corrected chi connectivity index (χ4v) is 3.11. The van der Waals surface area contributed by atoms with Crippen molar-refractivity contribution in [1.29, 1.82) is 0 Å². The predicted molar refractivity (Wildman–Crippen MR) is 124 cm³/mol. The largest absolute Gasteiger partial charge is 0.394 e. The van der Waals surface area contributed by atoms with Crippen LogP contribution in [0.3, 0.4) is 0 Å². The van der Waals surface area contributed by atoms with Crippen molar-refractivity contribution in [3.8, 4) is 0 Å². The van der Waals surface area contributed by atoms with Crippen LogP contribution in [0.25, 0.3) is 0 Å². The van der Waals surface area contributed by atoms with Crippen LogP contribution in [0.5, 0.6) is 0 Å². The third kappa shape index (κ3) is 27.7. The van der Waals surface area contributed by atoms with Crippen LogP contribution < -0.4 is 0 Å². The molecule has 0 fully saturated rings. The molecule has 7 heteroatoms. The van der Waals surface area contributed by atoms with Crippen molar-refractivity contribution in [3.63, 3.8) is 0 Å². The van der Waals surface area contributed by atoms with Gasteiger partial charge < -0.3 is 33.9 Å². The molecule has 1 atom stereocenters. The second-order valence-electron chi connectivity index (χ2n) is 7.87. The van der Waals surface area contributed by atoms with Gasteiger partial charge in [0.15, 0.2) is 0 Å². The van der Waals surface area contributed by atoms with Crippen molar-refractivity contribution in [2.24, 2.45) is 0 Å². The maximum absolute atomic E-state index is 9.96. The van der Waals surface area contributed by atoms with Crippen LogP contribution in [0, 0.1) is 0 Å². The summed E-state index contributed by atoms with van der Waals surface area (Å²) in [6.45, 7) is 7.08. The number of ether oxygens (including phenoxy) is 5. The predicted octanol–water partition coefficient (Wildman–Crippen LogP) is 3.73. The molecule has 0 aromatic rings. The Morgan fingerprint density at radius 1 is 0.516 bits per heavy atom. The number of rotatable bonds is 27. The lowest BCUT2D eigenvalue weighted by Crippen LogP contribution is -2.18. The van der Waals surface area contributed by atoms with Crippen molar-refractivity contribution < 1.29 is 33.9 Å². The van der Waals surface area contributed by atoms with E-state index < -0.39 is 0 Å². The van der Waals surface area contributed by atoms with Crippen LogP contribution in [-0.4, -0.2) is 89.0 Å². The topological polar surface area (TPSA) is 86.6 Å². The Morgan fingerprint density at radius 3 is 1.35 bits per heavy atom. The van der Waals surface area contributed by atoms with E-state index in [0.717, 1.165) is 12.8 Å². The molecule has 7 nitrogen and oxygen atoms in total. The molecule has 0 saturated carbocycles. The van der Waals surface area contributed by atoms with Gasteiger partial charge in [-0.3, -0.25) is 0 Å². The fourth-order valence-electron chi connectivity index (χ4n) is 3.11. The van der Waals surface area contributed by atoms with Crippen LogP contribution in [0.4, 0.5) is 0 Å². The van der Waals surface area contributed by atoms with E-state index >= 15 is 0 Å². The monoisotopic (exact) mass is 450 g/mol. The summed E-state index contributed by atoms with van der Waals surface area (Å²) in [4.78, 5) is 0. The molecule has 0 aliphatic carbocycles. The van der Waals surface area contributed by atoms with E-state index in [4.69, 9.17) is 28.8 Å². The Kier molecular flexibility index (Phi) is 27.5. The first kappa shape index (κ1) is 30.7. The minimum atomic E-state index is -0.369. The number of hydrogen-bond acceptors (Lipinski definition) is 7. The van der Waals surface area contributed by atoms with Crippen molar-refractivity contribution in [2.75, 3.05) is 72.7 Å². The van der Waals surface area contributed by atoms with Gasteiger partial charge in [-0.1, -0.05) is 71.1 Å². The quantitative estimate of drug-likeness (QED) is 0.184. The number of aliphatic hydroxyl groups is 2. The van der Waals surface area contributed by atoms with E-state index in [9.17, 15) is 5.11 Å². The van der Waals surface area contributed by atoms with E-state index in [2.05, 4.69) is 6.92 Å². The van der Waals surface area contributed by atoms with Gasteiger partial charge in [0.2, 0.25) is 0 Å². The van der Waals surface area contributed by atoms with E-state index in [0.29, 0.717) is 66.1 Å². The Morgan fingerprint density at radius 2 is 0.903 bits per heavy atom. The molecule has 0 aromatic heterocycles. The van der Waals surface area contributed by atoms with Crippen molar-refractivity contribution >= 4 is 0 Å². The summed E-state index contributed by atoms with van der Waals surface area (Å²) in [5.41, 5.74) is 0. The standard InChI is InChI=1S/C24H50O7/c1-2-3-4-5-6-7-8-9-10-11-12-24(26)23-31-22-21-30-20-19-29-18-17-28-16-15-27-14-13-25/h24-26H,2-23H2,1H3. The van der Waals surface area contributed by atoms with Crippen molar-refractivity contribution in [2.45, 2.75) is 83.7 Å². The second kappa shape index (κ2) is 27.8. The lowest BCUT2D eigenvalue weighted by molar-refractivity contribution is -0.0229. The van der Waals surface area contributed by atoms with Crippen LogP contribution in [-0.2, 0) is 23.7 Å². The second-order valence-corrected chi connectivity index (χ2v) is 7.87. The Labute approximate surface area is 190 Å². The van der Waals surface area contributed by atoms with Crippen molar-refractivity contribution in [1.82, 2.24) is 0 Å². The number of hydrogen-bond donors (Lipinski definition) is 2. The molecule has 0 rings (SSSR count). The molecule has 188 valence electrons. The van der Waals surface area contributed by atoms with Gasteiger partial charge in [-0.05, 0) is 6.42 Å². The summed E-state index contributed by atoms with van der Waals surface area (Å²) in [5.74, 6) is 0. The maximum atomic E-state index is 9.96. The third-order valence-electron chi connectivity index (χ3n) is 4.92. The molecule has 0 bridgehead atoms. The molecule has 0 aliphatic heterocycles. The van der Waals surface area contributed by atoms with Gasteiger partial charge in [-0.2, -0.15) is 0 Å². The molecule has 0 aliphatic rings. The van der Waals surface area contributed by atoms with Gasteiger partial charge in [0.1, 0.15) is 0 Å². The minimum absolute atomic E-state index is 0.0358. The summed E-state index contributed by atoms with van der Waals surface area (Å²) >= 11 is 0. The van der Waals surface area contributed by atoms with E-state index in [1.807, 2.05) is 0 Å². The number of aliphatic hydroxyl groups excluding tert-OH is 2. The highest BCUT2D eigenvalue weighted by atomic mass is 16.6. The first-order valence-corrected chi connectivity index (χ1v) is 12.5. The molecule has 0 amide bonds. The van der Waals surface area contributed by atoms with Crippen LogP contribution in [0.15, 0.2) is 0 Å². The summed E-state index contributed by atoms with van der Waals surface area (Å²) in [6, 6.07) is 0. The number of unbranched alkanes of at least 4 members (excludes halogenated alkanes) is 9. The average Bonchev–Trinajstić information content (AvgIpc) is 2.77. The van der Waals surface area contributed by atoms with Gasteiger partial charge >= 0.3 is 0 Å². The van der Waals surface area contributed by atoms with Crippen molar-refractivity contribution in [3.05, 3.63) is 0 Å². The summed E-state index contributed by atoms with van der Waals surface area (Å²) in [5, 5.41) is 18.5. The van der Waals surface area contributed by atoms with Gasteiger partial charge in [-0.15, -0.1) is 0 Å². The first-order valence-electron chi connectivity index (χ1n) is 12.5. The lowest BCUT2D eigenvalue weighted by atomic mass is 10.0. The van der Waals surface area contributed by atoms with Crippen LogP contribution in [0.1, 0.15) is 77.6 Å². The average molecular weight is 451 g/mol. The smallest absolute Gasteiger partial charge is 0.0773 e. The fraction of sp³-hybridized carbons (Fsp3) is 1.00. The summed E-state index contributed by atoms with van der Waals surface area (Å²) in [7, 11) is 0. The minimum Gasteiger partial charge on any atom is -0.394 e. The molecular formula is C24H50O7. The third-order valence-corrected chi connectivity index (χ3v) is 4.92. The first-order chi connectivity index (χ1) is 15.3. The highest BCUT2D eigenvalue weighted by Gasteiger charge is 2.04. The molecule has 1 unspecified atom stereocenters. The van der Waals surface area contributed by atoms with E-state index in [1.165, 1.54) is 57.8 Å². The normalized spacial score (nSPS) is 12.5. The van der Waals surface area contributed by atoms with Gasteiger partial charge in [0, 0.05) is 0 Å². The zero-order chi connectivity index (χ0) is 22.7. The molecule has 31 heavy (non-hydrogen) atoms. The van der Waals surface area contributed by atoms with E-state index in [1.54, 1.807) is 0 Å². The van der Waals surface area contributed by atoms with Crippen LogP contribution in [0.2, 0.25) is 0 Å². The Hall–Kier alpha value is -0.280. The zero-order valence-electron chi connectivity index (χ0n) is 20.1. The van der Waals surface area contributed by atoms with Gasteiger partial charge in [0.05, 0.1) is 78.8 Å². The highest BCUT2D eigenvalue weighted by Crippen LogP contribution is 2.12. The molecule has 0 spiro atoms. The Bertz CT molecular complexity index is 318. The maximum Gasteiger partial charge on any atom is 0.0773 e. The lowest BCUT2D eigenvalue weighted by Gasteiger charge is -2.11. The van der Waals surface area contributed by atoms with E-state index in [-0.39, 0.29) is 12.7 Å². The van der Waals surface area contributed by atoms with Crippen LogP contribution >= 0.6 is 0 Å². The Balaban J connectivity index is 3.12. The van der Waals surface area contributed by atoms with Gasteiger partial charge in [-0.25, -0.2) is 0 Å². The molecule has 0 saturated heterocycles. The SMILES string of the molecule is CCCCCCCCCCCCC(O)COCCOCCOCCOCCOCCO. The molecule has 0 aromatic carbocycles. The van der Waals surface area contributed by atoms with Gasteiger partial charge in [0.25, 0.3) is 0 Å². The molecule has 0 radical (unpaired) electrons.